The summed E-state index contributed by atoms with van der Waals surface area (Å²) in [6.07, 6.45) is 5.92. The third-order valence-electron chi connectivity index (χ3n) is 3.42. The standard InChI is InChI=1S/C12H24N2O/c1-4-10(3)13-12(15)14-11-8-6-5-7-9(11)2/h9-11H,4-8H2,1-3H3,(H2,13,14,15)/t9-,10+,11-/m0/s1. The van der Waals surface area contributed by atoms with Gasteiger partial charge in [0, 0.05) is 12.1 Å². The maximum absolute atomic E-state index is 11.6. The molecule has 0 unspecified atom stereocenters. The van der Waals surface area contributed by atoms with Gasteiger partial charge in [0.2, 0.25) is 0 Å². The topological polar surface area (TPSA) is 41.1 Å². The van der Waals surface area contributed by atoms with E-state index in [1.165, 1.54) is 19.3 Å². The molecule has 1 aliphatic rings. The third kappa shape index (κ3) is 4.10. The first-order valence-electron chi connectivity index (χ1n) is 6.20. The fraction of sp³-hybridized carbons (Fsp3) is 0.917. The molecule has 3 atom stereocenters. The summed E-state index contributed by atoms with van der Waals surface area (Å²) in [5.41, 5.74) is 0. The molecule has 0 aromatic carbocycles. The number of rotatable bonds is 3. The number of hydrogen-bond acceptors (Lipinski definition) is 1. The SMILES string of the molecule is CC[C@@H](C)NC(=O)N[C@H]1CCCC[C@@H]1C. The number of amides is 2. The highest BCUT2D eigenvalue weighted by Crippen LogP contribution is 2.23. The fourth-order valence-electron chi connectivity index (χ4n) is 2.07. The summed E-state index contributed by atoms with van der Waals surface area (Å²) in [5.74, 6) is 0.626. The van der Waals surface area contributed by atoms with Gasteiger partial charge in [-0.3, -0.25) is 0 Å². The van der Waals surface area contributed by atoms with E-state index in [1.54, 1.807) is 0 Å². The predicted molar refractivity (Wildman–Crippen MR) is 62.8 cm³/mol. The Morgan fingerprint density at radius 3 is 2.67 bits per heavy atom. The quantitative estimate of drug-likeness (QED) is 0.742. The maximum atomic E-state index is 11.6. The van der Waals surface area contributed by atoms with Crippen molar-refractivity contribution in [3.05, 3.63) is 0 Å². The zero-order valence-electron chi connectivity index (χ0n) is 10.2. The van der Waals surface area contributed by atoms with Crippen LogP contribution >= 0.6 is 0 Å². The normalized spacial score (nSPS) is 28.2. The smallest absolute Gasteiger partial charge is 0.315 e. The number of carbonyl (C=O) groups is 1. The van der Waals surface area contributed by atoms with Crippen molar-refractivity contribution in [2.45, 2.75) is 65.0 Å². The fourth-order valence-corrected chi connectivity index (χ4v) is 2.07. The second-order valence-electron chi connectivity index (χ2n) is 4.80. The van der Waals surface area contributed by atoms with Crippen LogP contribution in [-0.4, -0.2) is 18.1 Å². The molecule has 0 aromatic heterocycles. The van der Waals surface area contributed by atoms with Crippen molar-refractivity contribution in [3.8, 4) is 0 Å². The molecule has 0 bridgehead atoms. The van der Waals surface area contributed by atoms with Gasteiger partial charge in [-0.2, -0.15) is 0 Å². The number of carbonyl (C=O) groups excluding carboxylic acids is 1. The van der Waals surface area contributed by atoms with Crippen LogP contribution in [0.5, 0.6) is 0 Å². The van der Waals surface area contributed by atoms with E-state index in [4.69, 9.17) is 0 Å². The lowest BCUT2D eigenvalue weighted by molar-refractivity contribution is 0.218. The van der Waals surface area contributed by atoms with E-state index in [1.807, 2.05) is 6.92 Å². The lowest BCUT2D eigenvalue weighted by Gasteiger charge is -2.30. The lowest BCUT2D eigenvalue weighted by atomic mass is 9.86. The Hall–Kier alpha value is -0.730. The summed E-state index contributed by atoms with van der Waals surface area (Å²) >= 11 is 0. The summed E-state index contributed by atoms with van der Waals surface area (Å²) in [6, 6.07) is 0.648. The van der Waals surface area contributed by atoms with Crippen molar-refractivity contribution in [1.82, 2.24) is 10.6 Å². The van der Waals surface area contributed by atoms with Gasteiger partial charge in [-0.1, -0.05) is 26.7 Å². The molecular formula is C12H24N2O. The molecule has 3 nitrogen and oxygen atoms in total. The number of hydrogen-bond donors (Lipinski definition) is 2. The van der Waals surface area contributed by atoms with E-state index in [9.17, 15) is 4.79 Å². The zero-order valence-corrected chi connectivity index (χ0v) is 10.2. The highest BCUT2D eigenvalue weighted by atomic mass is 16.2. The first-order valence-corrected chi connectivity index (χ1v) is 6.20. The van der Waals surface area contributed by atoms with E-state index in [0.717, 1.165) is 12.8 Å². The molecule has 2 amide bonds. The van der Waals surface area contributed by atoms with Crippen molar-refractivity contribution in [1.29, 1.82) is 0 Å². The van der Waals surface area contributed by atoms with Gasteiger partial charge in [0.1, 0.15) is 0 Å². The molecule has 15 heavy (non-hydrogen) atoms. The van der Waals surface area contributed by atoms with Crippen LogP contribution in [0.2, 0.25) is 0 Å². The Morgan fingerprint density at radius 2 is 2.07 bits per heavy atom. The monoisotopic (exact) mass is 212 g/mol. The molecular weight excluding hydrogens is 188 g/mol. The van der Waals surface area contributed by atoms with E-state index >= 15 is 0 Å². The van der Waals surface area contributed by atoms with Crippen molar-refractivity contribution in [3.63, 3.8) is 0 Å². The van der Waals surface area contributed by atoms with Crippen LogP contribution in [0.1, 0.15) is 52.9 Å². The number of urea groups is 1. The highest BCUT2D eigenvalue weighted by molar-refractivity contribution is 5.74. The molecule has 3 heteroatoms. The van der Waals surface area contributed by atoms with Crippen molar-refractivity contribution in [2.75, 3.05) is 0 Å². The Labute approximate surface area is 93.0 Å². The van der Waals surface area contributed by atoms with Crippen molar-refractivity contribution >= 4 is 6.03 Å². The first-order chi connectivity index (χ1) is 7.13. The minimum Gasteiger partial charge on any atom is -0.336 e. The molecule has 88 valence electrons. The van der Waals surface area contributed by atoms with Gasteiger partial charge >= 0.3 is 6.03 Å². The largest absolute Gasteiger partial charge is 0.336 e. The van der Waals surface area contributed by atoms with E-state index in [0.29, 0.717) is 12.0 Å². The van der Waals surface area contributed by atoms with Gasteiger partial charge in [0.15, 0.2) is 0 Å². The second kappa shape index (κ2) is 5.99. The average molecular weight is 212 g/mol. The molecule has 0 aliphatic heterocycles. The summed E-state index contributed by atoms with van der Waals surface area (Å²) in [7, 11) is 0. The molecule has 1 saturated carbocycles. The lowest BCUT2D eigenvalue weighted by Crippen LogP contribution is -2.48. The van der Waals surface area contributed by atoms with Crippen LogP contribution in [0.25, 0.3) is 0 Å². The van der Waals surface area contributed by atoms with Crippen LogP contribution in [0.4, 0.5) is 4.79 Å². The van der Waals surface area contributed by atoms with E-state index in [-0.39, 0.29) is 12.1 Å². The average Bonchev–Trinajstić information content (AvgIpc) is 2.21. The van der Waals surface area contributed by atoms with Gasteiger partial charge in [-0.25, -0.2) is 4.79 Å². The molecule has 1 aliphatic carbocycles. The number of nitrogens with one attached hydrogen (secondary N) is 2. The van der Waals surface area contributed by atoms with Crippen LogP contribution in [0.3, 0.4) is 0 Å². The van der Waals surface area contributed by atoms with Crippen molar-refractivity contribution in [2.24, 2.45) is 5.92 Å². The van der Waals surface area contributed by atoms with Crippen LogP contribution in [0.15, 0.2) is 0 Å². The minimum absolute atomic E-state index is 0.00287. The summed E-state index contributed by atoms with van der Waals surface area (Å²) in [6.45, 7) is 6.34. The zero-order chi connectivity index (χ0) is 11.3. The molecule has 0 aromatic rings. The molecule has 0 spiro atoms. The van der Waals surface area contributed by atoms with Crippen LogP contribution < -0.4 is 10.6 Å². The highest BCUT2D eigenvalue weighted by Gasteiger charge is 2.22. The minimum atomic E-state index is 0.00287. The van der Waals surface area contributed by atoms with Gasteiger partial charge in [0.25, 0.3) is 0 Å². The second-order valence-corrected chi connectivity index (χ2v) is 4.80. The summed E-state index contributed by atoms with van der Waals surface area (Å²) in [5, 5.41) is 6.03. The summed E-state index contributed by atoms with van der Waals surface area (Å²) < 4.78 is 0. The Bertz CT molecular complexity index is 206. The molecule has 1 rings (SSSR count). The molecule has 2 N–H and O–H groups in total. The van der Waals surface area contributed by atoms with E-state index in [2.05, 4.69) is 24.5 Å². The Kier molecular flexibility index (Phi) is 4.92. The third-order valence-corrected chi connectivity index (χ3v) is 3.42. The van der Waals surface area contributed by atoms with Gasteiger partial charge in [0.05, 0.1) is 0 Å². The maximum Gasteiger partial charge on any atom is 0.315 e. The molecule has 0 radical (unpaired) electrons. The van der Waals surface area contributed by atoms with E-state index < -0.39 is 0 Å². The molecule has 0 saturated heterocycles. The molecule has 1 fully saturated rings. The van der Waals surface area contributed by atoms with Crippen LogP contribution in [0, 0.1) is 5.92 Å². The predicted octanol–water partition coefficient (Wildman–Crippen LogP) is 2.66. The first kappa shape index (κ1) is 12.3. The molecule has 0 heterocycles. The summed E-state index contributed by atoms with van der Waals surface area (Å²) in [4.78, 5) is 11.6. The van der Waals surface area contributed by atoms with Crippen LogP contribution in [-0.2, 0) is 0 Å². The van der Waals surface area contributed by atoms with Gasteiger partial charge < -0.3 is 10.6 Å². The van der Waals surface area contributed by atoms with Gasteiger partial charge in [-0.15, -0.1) is 0 Å². The van der Waals surface area contributed by atoms with Gasteiger partial charge in [-0.05, 0) is 32.1 Å². The Morgan fingerprint density at radius 1 is 1.40 bits per heavy atom. The Balaban J connectivity index is 2.29. The van der Waals surface area contributed by atoms with Crippen molar-refractivity contribution < 1.29 is 4.79 Å².